The summed E-state index contributed by atoms with van der Waals surface area (Å²) in [5, 5.41) is 0.152. The summed E-state index contributed by atoms with van der Waals surface area (Å²) < 4.78 is 78.9. The number of carbonyl (C=O) groups is 1. The van der Waals surface area contributed by atoms with Crippen molar-refractivity contribution in [1.29, 1.82) is 0 Å². The zero-order chi connectivity index (χ0) is 24.6. The molecule has 172 valence electrons. The van der Waals surface area contributed by atoms with Crippen LogP contribution in [0.1, 0.15) is 22.4 Å². The van der Waals surface area contributed by atoms with Gasteiger partial charge in [0, 0.05) is 17.3 Å². The van der Waals surface area contributed by atoms with E-state index in [2.05, 4.69) is 9.97 Å². The van der Waals surface area contributed by atoms with Crippen LogP contribution in [0.15, 0.2) is 48.7 Å². The predicted molar refractivity (Wildman–Crippen MR) is 111 cm³/mol. The standard InChI is InChI=1S/C21H11Cl2F6N3O/c22-16-3-1-2-14(17(16)23)15(18(30)33)9-13-4-5-31-19(32-13)10-6-11(20(24,25)26)8-12(7-10)21(27,28)29/h1-9H,(H2,30,33)/b15-9+. The Morgan fingerprint density at radius 3 is 2.09 bits per heavy atom. The largest absolute Gasteiger partial charge is 0.416 e. The van der Waals surface area contributed by atoms with E-state index in [1.807, 2.05) is 0 Å². The highest BCUT2D eigenvalue weighted by Gasteiger charge is 2.37. The van der Waals surface area contributed by atoms with E-state index in [-0.39, 0.29) is 32.9 Å². The molecule has 0 fully saturated rings. The summed E-state index contributed by atoms with van der Waals surface area (Å²) in [5.74, 6) is -1.35. The zero-order valence-electron chi connectivity index (χ0n) is 16.1. The Bertz CT molecular complexity index is 1220. The van der Waals surface area contributed by atoms with E-state index in [0.717, 1.165) is 6.20 Å². The molecule has 2 aromatic carbocycles. The summed E-state index contributed by atoms with van der Waals surface area (Å²) in [6.07, 6.45) is -7.78. The topological polar surface area (TPSA) is 68.9 Å². The number of carbonyl (C=O) groups excluding carboxylic acids is 1. The molecule has 0 unspecified atom stereocenters. The smallest absolute Gasteiger partial charge is 0.366 e. The van der Waals surface area contributed by atoms with E-state index in [1.54, 1.807) is 0 Å². The molecule has 0 bridgehead atoms. The van der Waals surface area contributed by atoms with Gasteiger partial charge in [0.15, 0.2) is 5.82 Å². The molecule has 0 saturated carbocycles. The Morgan fingerprint density at radius 2 is 1.55 bits per heavy atom. The quantitative estimate of drug-likeness (QED) is 0.324. The fourth-order valence-electron chi connectivity index (χ4n) is 2.82. The molecule has 3 aromatic rings. The van der Waals surface area contributed by atoms with Crippen molar-refractivity contribution in [3.05, 3.63) is 81.1 Å². The average molecular weight is 506 g/mol. The number of hydrogen-bond acceptors (Lipinski definition) is 3. The van der Waals surface area contributed by atoms with Crippen LogP contribution in [-0.2, 0) is 17.1 Å². The third-order valence-corrected chi connectivity index (χ3v) is 5.14. The third-order valence-electron chi connectivity index (χ3n) is 4.32. The predicted octanol–water partition coefficient (Wildman–Crippen LogP) is 6.51. The highest BCUT2D eigenvalue weighted by Crippen LogP contribution is 2.38. The van der Waals surface area contributed by atoms with Crippen molar-refractivity contribution in [2.75, 3.05) is 0 Å². The molecule has 0 saturated heterocycles. The second-order valence-electron chi connectivity index (χ2n) is 6.62. The number of halogens is 8. The molecular weight excluding hydrogens is 495 g/mol. The van der Waals surface area contributed by atoms with E-state index in [4.69, 9.17) is 28.9 Å². The number of primary amides is 1. The van der Waals surface area contributed by atoms with Crippen molar-refractivity contribution in [3.8, 4) is 11.4 Å². The third kappa shape index (κ3) is 5.63. The van der Waals surface area contributed by atoms with Gasteiger partial charge in [0.1, 0.15) is 0 Å². The van der Waals surface area contributed by atoms with Crippen LogP contribution in [0.2, 0.25) is 10.0 Å². The van der Waals surface area contributed by atoms with Gasteiger partial charge in [0.25, 0.3) is 0 Å². The molecule has 0 aliphatic carbocycles. The van der Waals surface area contributed by atoms with Gasteiger partial charge in [-0.05, 0) is 36.4 Å². The number of alkyl halides is 6. The summed E-state index contributed by atoms with van der Waals surface area (Å²) in [5.41, 5.74) is 1.88. The maximum atomic E-state index is 13.2. The number of nitrogens with two attached hydrogens (primary N) is 1. The van der Waals surface area contributed by atoms with Crippen LogP contribution in [0.5, 0.6) is 0 Å². The van der Waals surface area contributed by atoms with Gasteiger partial charge in [-0.2, -0.15) is 26.3 Å². The molecule has 2 N–H and O–H groups in total. The lowest BCUT2D eigenvalue weighted by atomic mass is 10.0. The van der Waals surface area contributed by atoms with E-state index in [1.165, 1.54) is 30.3 Å². The highest BCUT2D eigenvalue weighted by molar-refractivity contribution is 6.44. The van der Waals surface area contributed by atoms with Crippen molar-refractivity contribution in [2.24, 2.45) is 5.73 Å². The van der Waals surface area contributed by atoms with Gasteiger partial charge in [-0.15, -0.1) is 0 Å². The van der Waals surface area contributed by atoms with Crippen LogP contribution in [-0.4, -0.2) is 15.9 Å². The van der Waals surface area contributed by atoms with Crippen LogP contribution in [0, 0.1) is 0 Å². The lowest BCUT2D eigenvalue weighted by molar-refractivity contribution is -0.143. The summed E-state index contributed by atoms with van der Waals surface area (Å²) in [6.45, 7) is 0. The lowest BCUT2D eigenvalue weighted by Gasteiger charge is -2.14. The fraction of sp³-hybridized carbons (Fsp3) is 0.0952. The number of aromatic nitrogens is 2. The SMILES string of the molecule is NC(=O)/C(=C/c1ccnc(-c2cc(C(F)(F)F)cc(C(F)(F)F)c2)n1)c1cccc(Cl)c1Cl. The number of amides is 1. The summed E-state index contributed by atoms with van der Waals surface area (Å²) in [4.78, 5) is 19.7. The Labute approximate surface area is 192 Å². The van der Waals surface area contributed by atoms with E-state index in [0.29, 0.717) is 12.1 Å². The van der Waals surface area contributed by atoms with E-state index in [9.17, 15) is 31.1 Å². The highest BCUT2D eigenvalue weighted by atomic mass is 35.5. The van der Waals surface area contributed by atoms with Gasteiger partial charge in [-0.25, -0.2) is 9.97 Å². The van der Waals surface area contributed by atoms with Crippen molar-refractivity contribution in [2.45, 2.75) is 12.4 Å². The van der Waals surface area contributed by atoms with Gasteiger partial charge >= 0.3 is 12.4 Å². The molecule has 33 heavy (non-hydrogen) atoms. The van der Waals surface area contributed by atoms with Crippen LogP contribution >= 0.6 is 23.2 Å². The minimum Gasteiger partial charge on any atom is -0.366 e. The first kappa shape index (κ1) is 24.5. The lowest BCUT2D eigenvalue weighted by Crippen LogP contribution is -2.13. The second-order valence-corrected chi connectivity index (χ2v) is 7.41. The Hall–Kier alpha value is -3.11. The van der Waals surface area contributed by atoms with Crippen LogP contribution in [0.4, 0.5) is 26.3 Å². The molecule has 12 heteroatoms. The van der Waals surface area contributed by atoms with Gasteiger partial charge in [0.05, 0.1) is 32.4 Å². The molecule has 1 amide bonds. The van der Waals surface area contributed by atoms with Crippen molar-refractivity contribution in [3.63, 3.8) is 0 Å². The molecule has 0 aliphatic heterocycles. The number of rotatable bonds is 4. The molecule has 4 nitrogen and oxygen atoms in total. The molecule has 1 heterocycles. The first-order valence-corrected chi connectivity index (χ1v) is 9.62. The van der Waals surface area contributed by atoms with Crippen LogP contribution in [0.3, 0.4) is 0 Å². The Morgan fingerprint density at radius 1 is 0.939 bits per heavy atom. The zero-order valence-corrected chi connectivity index (χ0v) is 17.6. The monoisotopic (exact) mass is 505 g/mol. The van der Waals surface area contributed by atoms with Crippen LogP contribution in [0.25, 0.3) is 23.0 Å². The maximum absolute atomic E-state index is 13.2. The minimum absolute atomic E-state index is 0.000405. The number of hydrogen-bond donors (Lipinski definition) is 1. The summed E-state index contributed by atoms with van der Waals surface area (Å²) >= 11 is 12.1. The van der Waals surface area contributed by atoms with Crippen molar-refractivity contribution >= 4 is 40.8 Å². The molecule has 0 spiro atoms. The van der Waals surface area contributed by atoms with Gasteiger partial charge in [0.2, 0.25) is 5.91 Å². The van der Waals surface area contributed by atoms with Crippen LogP contribution < -0.4 is 5.73 Å². The molecule has 1 aromatic heterocycles. The van der Waals surface area contributed by atoms with Gasteiger partial charge < -0.3 is 5.73 Å². The average Bonchev–Trinajstić information content (AvgIpc) is 2.73. The Kier molecular flexibility index (Phi) is 6.71. The second kappa shape index (κ2) is 9.03. The first-order valence-electron chi connectivity index (χ1n) is 8.86. The molecular formula is C21H11Cl2F6N3O. The number of nitrogens with zero attached hydrogens (tertiary/aromatic N) is 2. The summed E-state index contributed by atoms with van der Waals surface area (Å²) in [7, 11) is 0. The number of benzene rings is 2. The summed E-state index contributed by atoms with van der Waals surface area (Å²) in [6, 6.07) is 6.72. The molecule has 3 rings (SSSR count). The fourth-order valence-corrected chi connectivity index (χ4v) is 3.22. The normalized spacial score (nSPS) is 12.7. The van der Waals surface area contributed by atoms with Crippen molar-refractivity contribution in [1.82, 2.24) is 9.97 Å². The Balaban J connectivity index is 2.16. The van der Waals surface area contributed by atoms with Gasteiger partial charge in [-0.1, -0.05) is 35.3 Å². The molecule has 0 radical (unpaired) electrons. The molecule has 0 aliphatic rings. The first-order chi connectivity index (χ1) is 15.3. The minimum atomic E-state index is -5.03. The van der Waals surface area contributed by atoms with E-state index >= 15 is 0 Å². The van der Waals surface area contributed by atoms with E-state index < -0.39 is 40.8 Å². The molecule has 0 atom stereocenters. The maximum Gasteiger partial charge on any atom is 0.416 e. The van der Waals surface area contributed by atoms with Gasteiger partial charge in [-0.3, -0.25) is 4.79 Å². The van der Waals surface area contributed by atoms with Crippen molar-refractivity contribution < 1.29 is 31.1 Å².